The van der Waals surface area contributed by atoms with Gasteiger partial charge in [-0.3, -0.25) is 4.90 Å². The molecule has 6 nitrogen and oxygen atoms in total. The van der Waals surface area contributed by atoms with Crippen molar-refractivity contribution in [2.45, 2.75) is 19.8 Å². The van der Waals surface area contributed by atoms with Gasteiger partial charge < -0.3 is 19.9 Å². The molecule has 0 radical (unpaired) electrons. The second-order valence-corrected chi connectivity index (χ2v) is 8.13. The topological polar surface area (TPSA) is 80.7 Å². The lowest BCUT2D eigenvalue weighted by atomic mass is 9.80. The third kappa shape index (κ3) is 4.74. The molecule has 0 saturated carbocycles. The molecule has 2 aromatic rings. The van der Waals surface area contributed by atoms with E-state index in [9.17, 15) is 5.26 Å². The predicted molar refractivity (Wildman–Crippen MR) is 128 cm³/mol. The van der Waals surface area contributed by atoms with Crippen molar-refractivity contribution in [3.8, 4) is 17.6 Å². The van der Waals surface area contributed by atoms with E-state index in [1.807, 2.05) is 62.4 Å². The Kier molecular flexibility index (Phi) is 6.71. The summed E-state index contributed by atoms with van der Waals surface area (Å²) in [6.45, 7) is 6.57. The molecule has 0 saturated heterocycles. The Labute approximate surface area is 195 Å². The van der Waals surface area contributed by atoms with Crippen LogP contribution in [0.15, 0.2) is 76.9 Å². The Morgan fingerprint density at radius 1 is 1.03 bits per heavy atom. The minimum atomic E-state index is -0.263. The smallest absolute Gasteiger partial charge is 0.205 e. The van der Waals surface area contributed by atoms with E-state index in [4.69, 9.17) is 19.9 Å². The van der Waals surface area contributed by atoms with Crippen molar-refractivity contribution in [1.29, 1.82) is 5.26 Å². The molecule has 2 aromatic carbocycles. The van der Waals surface area contributed by atoms with Crippen molar-refractivity contribution < 1.29 is 14.2 Å². The van der Waals surface area contributed by atoms with Crippen LogP contribution in [0.4, 0.5) is 0 Å². The summed E-state index contributed by atoms with van der Waals surface area (Å²) in [5.74, 6) is 2.31. The summed E-state index contributed by atoms with van der Waals surface area (Å²) in [5, 5.41) is 9.90. The highest BCUT2D eigenvalue weighted by Gasteiger charge is 2.37. The van der Waals surface area contributed by atoms with Crippen LogP contribution in [0, 0.1) is 11.3 Å². The summed E-state index contributed by atoms with van der Waals surface area (Å²) in [6.07, 6.45) is 2.11. The summed E-state index contributed by atoms with van der Waals surface area (Å²) < 4.78 is 17.2. The summed E-state index contributed by atoms with van der Waals surface area (Å²) >= 11 is 0. The van der Waals surface area contributed by atoms with Crippen molar-refractivity contribution in [2.24, 2.45) is 5.73 Å². The highest BCUT2D eigenvalue weighted by molar-refractivity contribution is 5.63. The molecule has 33 heavy (non-hydrogen) atoms. The van der Waals surface area contributed by atoms with Gasteiger partial charge in [-0.05, 0) is 67.9 Å². The lowest BCUT2D eigenvalue weighted by Crippen LogP contribution is -2.35. The van der Waals surface area contributed by atoms with Gasteiger partial charge in [-0.2, -0.15) is 5.26 Å². The van der Waals surface area contributed by atoms with Crippen molar-refractivity contribution in [3.63, 3.8) is 0 Å². The third-order valence-electron chi connectivity index (χ3n) is 5.76. The molecule has 0 amide bonds. The van der Waals surface area contributed by atoms with Crippen molar-refractivity contribution in [1.82, 2.24) is 4.90 Å². The molecule has 2 aliphatic rings. The molecule has 4 rings (SSSR count). The molecule has 0 spiro atoms. The van der Waals surface area contributed by atoms with Gasteiger partial charge in [0.25, 0.3) is 0 Å². The number of hydrogen-bond donors (Lipinski definition) is 1. The molecule has 2 aliphatic heterocycles. The molecular formula is C27H29N3O3. The van der Waals surface area contributed by atoms with Gasteiger partial charge in [0.15, 0.2) is 0 Å². The van der Waals surface area contributed by atoms with Gasteiger partial charge in [0, 0.05) is 18.7 Å². The van der Waals surface area contributed by atoms with Crippen LogP contribution in [-0.2, 0) is 4.74 Å². The Morgan fingerprint density at radius 3 is 2.21 bits per heavy atom. The SMILES string of the molecule is CCOc1ccc(/C=C2/CN(C)CC3=C2OC(N)=C(C#N)C3c2ccc(OCC)cc2)cc1. The van der Waals surface area contributed by atoms with Gasteiger partial charge in [0.1, 0.15) is 28.9 Å². The molecule has 1 unspecified atom stereocenters. The molecule has 0 fully saturated rings. The molecule has 2 heterocycles. The average Bonchev–Trinajstić information content (AvgIpc) is 2.81. The van der Waals surface area contributed by atoms with Gasteiger partial charge in [-0.15, -0.1) is 0 Å². The third-order valence-corrected chi connectivity index (χ3v) is 5.76. The zero-order valence-electron chi connectivity index (χ0n) is 19.3. The van der Waals surface area contributed by atoms with Gasteiger partial charge in [-0.25, -0.2) is 0 Å². The van der Waals surface area contributed by atoms with E-state index >= 15 is 0 Å². The lowest BCUT2D eigenvalue weighted by Gasteiger charge is -2.36. The van der Waals surface area contributed by atoms with Crippen molar-refractivity contribution in [2.75, 3.05) is 33.4 Å². The van der Waals surface area contributed by atoms with E-state index in [2.05, 4.69) is 24.1 Å². The number of nitrogens with two attached hydrogens (primary N) is 1. The number of benzene rings is 2. The normalized spacial score (nSPS) is 19.7. The predicted octanol–water partition coefficient (Wildman–Crippen LogP) is 4.57. The lowest BCUT2D eigenvalue weighted by molar-refractivity contribution is 0.251. The van der Waals surface area contributed by atoms with E-state index in [1.165, 1.54) is 0 Å². The van der Waals surface area contributed by atoms with Crippen LogP contribution in [0.1, 0.15) is 30.9 Å². The van der Waals surface area contributed by atoms with E-state index in [-0.39, 0.29) is 11.8 Å². The van der Waals surface area contributed by atoms with E-state index in [0.29, 0.717) is 25.3 Å². The fourth-order valence-corrected chi connectivity index (χ4v) is 4.37. The number of nitrogens with zero attached hydrogens (tertiary/aromatic N) is 2. The molecule has 0 aliphatic carbocycles. The van der Waals surface area contributed by atoms with Crippen LogP contribution in [0.2, 0.25) is 0 Å². The Hall–Kier alpha value is -3.69. The van der Waals surface area contributed by atoms with Crippen LogP contribution in [-0.4, -0.2) is 38.3 Å². The molecule has 0 bridgehead atoms. The van der Waals surface area contributed by atoms with E-state index in [1.54, 1.807) is 0 Å². The maximum absolute atomic E-state index is 9.90. The molecule has 2 N–H and O–H groups in total. The molecule has 0 aromatic heterocycles. The summed E-state index contributed by atoms with van der Waals surface area (Å²) in [7, 11) is 2.07. The number of ether oxygens (including phenoxy) is 3. The van der Waals surface area contributed by atoms with Crippen molar-refractivity contribution >= 4 is 6.08 Å². The van der Waals surface area contributed by atoms with Crippen molar-refractivity contribution in [3.05, 3.63) is 88.0 Å². The summed E-state index contributed by atoms with van der Waals surface area (Å²) in [5.41, 5.74) is 10.8. The largest absolute Gasteiger partial charge is 0.494 e. The van der Waals surface area contributed by atoms with E-state index in [0.717, 1.165) is 46.1 Å². The van der Waals surface area contributed by atoms with Crippen LogP contribution in [0.25, 0.3) is 6.08 Å². The number of rotatable bonds is 6. The molecule has 6 heteroatoms. The first-order valence-corrected chi connectivity index (χ1v) is 11.2. The highest BCUT2D eigenvalue weighted by atomic mass is 16.5. The molecule has 1 atom stereocenters. The number of allylic oxidation sites excluding steroid dienone is 1. The van der Waals surface area contributed by atoms with Gasteiger partial charge >= 0.3 is 0 Å². The zero-order chi connectivity index (χ0) is 23.4. The minimum Gasteiger partial charge on any atom is -0.494 e. The average molecular weight is 444 g/mol. The molecule has 170 valence electrons. The maximum Gasteiger partial charge on any atom is 0.205 e. The summed E-state index contributed by atoms with van der Waals surface area (Å²) in [4.78, 5) is 2.22. The quantitative estimate of drug-likeness (QED) is 0.704. The van der Waals surface area contributed by atoms with Gasteiger partial charge in [0.2, 0.25) is 5.88 Å². The Morgan fingerprint density at radius 2 is 1.64 bits per heavy atom. The Bertz CT molecular complexity index is 1140. The molecular weight excluding hydrogens is 414 g/mol. The fraction of sp³-hybridized carbons (Fsp3) is 0.296. The zero-order valence-corrected chi connectivity index (χ0v) is 19.3. The monoisotopic (exact) mass is 443 g/mol. The van der Waals surface area contributed by atoms with E-state index < -0.39 is 0 Å². The first-order valence-electron chi connectivity index (χ1n) is 11.2. The van der Waals surface area contributed by atoms with Crippen LogP contribution in [0.5, 0.6) is 11.5 Å². The number of hydrogen-bond acceptors (Lipinski definition) is 6. The van der Waals surface area contributed by atoms with Crippen LogP contribution < -0.4 is 15.2 Å². The highest BCUT2D eigenvalue weighted by Crippen LogP contribution is 2.43. The number of nitriles is 1. The standard InChI is InChI=1S/C27H29N3O3/c1-4-31-21-10-6-18(7-11-21)14-20-16-30(3)17-24-25(23(15-28)27(29)33-26(20)24)19-8-12-22(13-9-19)32-5-2/h6-14,25H,4-5,16-17,29H2,1-3H3/b20-14-. The second-order valence-electron chi connectivity index (χ2n) is 8.13. The maximum atomic E-state index is 9.90. The van der Waals surface area contributed by atoms with Gasteiger partial charge in [0.05, 0.1) is 19.1 Å². The number of likely N-dealkylation sites (N-methyl/N-ethyl adjacent to an activating group) is 1. The first kappa shape index (κ1) is 22.5. The Balaban J connectivity index is 1.76. The van der Waals surface area contributed by atoms with Crippen LogP contribution >= 0.6 is 0 Å². The first-order chi connectivity index (χ1) is 16.0. The van der Waals surface area contributed by atoms with Gasteiger partial charge in [-0.1, -0.05) is 24.3 Å². The second kappa shape index (κ2) is 9.85. The minimum absolute atomic E-state index is 0.164. The van der Waals surface area contributed by atoms with Crippen LogP contribution in [0.3, 0.4) is 0 Å². The fourth-order valence-electron chi connectivity index (χ4n) is 4.37. The summed E-state index contributed by atoms with van der Waals surface area (Å²) in [6, 6.07) is 18.1.